The van der Waals surface area contributed by atoms with Crippen LogP contribution in [0.15, 0.2) is 0 Å². The number of nitrogens with two attached hydrogens (primary N) is 1. The standard InChI is InChI=1S/C6H10NO2/c1-5(6(7)9)3-2-4-8/h2,4-5H,3H2,1H3,(H2,7,9). The third-order valence-electron chi connectivity index (χ3n) is 1.07. The largest absolute Gasteiger partial charge is 0.369 e. The lowest BCUT2D eigenvalue weighted by atomic mass is 10.1. The van der Waals surface area contributed by atoms with E-state index in [0.29, 0.717) is 12.7 Å². The van der Waals surface area contributed by atoms with Crippen molar-refractivity contribution in [3.8, 4) is 0 Å². The molecule has 9 heavy (non-hydrogen) atoms. The summed E-state index contributed by atoms with van der Waals surface area (Å²) in [5, 5.41) is 0. The molecule has 3 heteroatoms. The SMILES string of the molecule is CC(C[CH]C=O)C(N)=O. The van der Waals surface area contributed by atoms with Gasteiger partial charge in [0.05, 0.1) is 0 Å². The summed E-state index contributed by atoms with van der Waals surface area (Å²) in [7, 11) is 0. The summed E-state index contributed by atoms with van der Waals surface area (Å²) in [6.07, 6.45) is 2.49. The molecule has 2 N–H and O–H groups in total. The van der Waals surface area contributed by atoms with Gasteiger partial charge < -0.3 is 10.5 Å². The van der Waals surface area contributed by atoms with Gasteiger partial charge in [0.15, 0.2) is 0 Å². The minimum atomic E-state index is -0.367. The van der Waals surface area contributed by atoms with E-state index in [9.17, 15) is 9.59 Å². The Morgan fingerprint density at radius 1 is 1.78 bits per heavy atom. The second-order valence-corrected chi connectivity index (χ2v) is 1.91. The van der Waals surface area contributed by atoms with Crippen LogP contribution in [-0.2, 0) is 9.59 Å². The van der Waals surface area contributed by atoms with Crippen LogP contribution in [0.2, 0.25) is 0 Å². The van der Waals surface area contributed by atoms with Crippen LogP contribution in [0.1, 0.15) is 13.3 Å². The van der Waals surface area contributed by atoms with Crippen LogP contribution in [0.3, 0.4) is 0 Å². The first-order chi connectivity index (χ1) is 4.18. The van der Waals surface area contributed by atoms with Crippen molar-refractivity contribution in [2.75, 3.05) is 0 Å². The zero-order valence-corrected chi connectivity index (χ0v) is 5.33. The van der Waals surface area contributed by atoms with E-state index in [1.54, 1.807) is 6.92 Å². The maximum Gasteiger partial charge on any atom is 0.220 e. The van der Waals surface area contributed by atoms with Crippen molar-refractivity contribution >= 4 is 12.2 Å². The maximum atomic E-state index is 10.3. The minimum Gasteiger partial charge on any atom is -0.369 e. The predicted molar refractivity (Wildman–Crippen MR) is 33.3 cm³/mol. The highest BCUT2D eigenvalue weighted by Crippen LogP contribution is 2.00. The molecule has 51 valence electrons. The molecule has 1 radical (unpaired) electrons. The quantitative estimate of drug-likeness (QED) is 0.537. The summed E-state index contributed by atoms with van der Waals surface area (Å²) in [5.41, 5.74) is 4.90. The number of rotatable bonds is 4. The second-order valence-electron chi connectivity index (χ2n) is 1.91. The Balaban J connectivity index is 3.37. The van der Waals surface area contributed by atoms with Crippen LogP contribution in [0.4, 0.5) is 0 Å². The summed E-state index contributed by atoms with van der Waals surface area (Å²) in [6, 6.07) is 0. The van der Waals surface area contributed by atoms with E-state index in [0.717, 1.165) is 0 Å². The second kappa shape index (κ2) is 4.06. The Labute approximate surface area is 54.2 Å². The normalized spacial score (nSPS) is 12.6. The number of carbonyl (C=O) groups excluding carboxylic acids is 2. The third-order valence-corrected chi connectivity index (χ3v) is 1.07. The Kier molecular flexibility index (Phi) is 3.67. The molecule has 0 rings (SSSR count). The first kappa shape index (κ1) is 8.14. The van der Waals surface area contributed by atoms with E-state index < -0.39 is 0 Å². The van der Waals surface area contributed by atoms with Crippen LogP contribution in [0, 0.1) is 12.3 Å². The van der Waals surface area contributed by atoms with Crippen molar-refractivity contribution in [1.82, 2.24) is 0 Å². The van der Waals surface area contributed by atoms with E-state index in [1.807, 2.05) is 0 Å². The van der Waals surface area contributed by atoms with Crippen LogP contribution < -0.4 is 5.73 Å². The van der Waals surface area contributed by atoms with Crippen molar-refractivity contribution in [2.45, 2.75) is 13.3 Å². The molecule has 0 aliphatic heterocycles. The minimum absolute atomic E-state index is 0.227. The maximum absolute atomic E-state index is 10.3. The topological polar surface area (TPSA) is 60.2 Å². The number of amides is 1. The molecule has 0 heterocycles. The monoisotopic (exact) mass is 128 g/mol. The molecule has 0 aromatic carbocycles. The van der Waals surface area contributed by atoms with Crippen LogP contribution in [-0.4, -0.2) is 12.2 Å². The van der Waals surface area contributed by atoms with Crippen LogP contribution >= 0.6 is 0 Å². The number of hydrogen-bond donors (Lipinski definition) is 1. The summed E-state index contributed by atoms with van der Waals surface area (Å²) in [5.74, 6) is -0.594. The number of primary amides is 1. The average molecular weight is 128 g/mol. The van der Waals surface area contributed by atoms with Gasteiger partial charge in [-0.25, -0.2) is 0 Å². The van der Waals surface area contributed by atoms with Gasteiger partial charge in [-0.05, 0) is 6.42 Å². The molecule has 0 saturated heterocycles. The van der Waals surface area contributed by atoms with Gasteiger partial charge in [0.1, 0.15) is 6.29 Å². The Bertz CT molecular complexity index is 112. The molecule has 0 aliphatic carbocycles. The summed E-state index contributed by atoms with van der Waals surface area (Å²) >= 11 is 0. The molecule has 0 aromatic rings. The van der Waals surface area contributed by atoms with Gasteiger partial charge in [0.25, 0.3) is 0 Å². The lowest BCUT2D eigenvalue weighted by molar-refractivity contribution is -0.121. The highest BCUT2D eigenvalue weighted by Gasteiger charge is 2.06. The lowest BCUT2D eigenvalue weighted by Gasteiger charge is -2.00. The Hall–Kier alpha value is -0.860. The molecule has 0 fully saturated rings. The van der Waals surface area contributed by atoms with Crippen molar-refractivity contribution in [3.63, 3.8) is 0 Å². The molecular weight excluding hydrogens is 118 g/mol. The van der Waals surface area contributed by atoms with E-state index >= 15 is 0 Å². The fourth-order valence-corrected chi connectivity index (χ4v) is 0.376. The third kappa shape index (κ3) is 3.70. The van der Waals surface area contributed by atoms with Gasteiger partial charge in [-0.3, -0.25) is 4.79 Å². The number of aldehydes is 1. The summed E-state index contributed by atoms with van der Waals surface area (Å²) in [6.45, 7) is 1.68. The number of carbonyl (C=O) groups is 2. The van der Waals surface area contributed by atoms with Crippen molar-refractivity contribution in [1.29, 1.82) is 0 Å². The predicted octanol–water partition coefficient (Wildman–Crippen LogP) is -0.0989. The van der Waals surface area contributed by atoms with Crippen molar-refractivity contribution in [3.05, 3.63) is 6.42 Å². The molecule has 1 atom stereocenters. The molecular formula is C6H10NO2. The molecule has 1 amide bonds. The fourth-order valence-electron chi connectivity index (χ4n) is 0.376. The van der Waals surface area contributed by atoms with E-state index in [-0.39, 0.29) is 11.8 Å². The zero-order chi connectivity index (χ0) is 7.28. The van der Waals surface area contributed by atoms with Gasteiger partial charge in [-0.1, -0.05) is 6.92 Å². The van der Waals surface area contributed by atoms with E-state index in [2.05, 4.69) is 0 Å². The van der Waals surface area contributed by atoms with Gasteiger partial charge in [-0.2, -0.15) is 0 Å². The Morgan fingerprint density at radius 3 is 2.67 bits per heavy atom. The molecule has 3 nitrogen and oxygen atoms in total. The molecule has 0 bridgehead atoms. The average Bonchev–Trinajstić information content (AvgIpc) is 1.82. The highest BCUT2D eigenvalue weighted by atomic mass is 16.1. The van der Waals surface area contributed by atoms with E-state index in [4.69, 9.17) is 5.73 Å². The molecule has 0 aromatic heterocycles. The highest BCUT2D eigenvalue weighted by molar-refractivity contribution is 5.77. The van der Waals surface area contributed by atoms with E-state index in [1.165, 1.54) is 6.42 Å². The molecule has 0 spiro atoms. The number of hydrogen-bond acceptors (Lipinski definition) is 2. The summed E-state index contributed by atoms with van der Waals surface area (Å²) < 4.78 is 0. The fraction of sp³-hybridized carbons (Fsp3) is 0.500. The molecule has 1 unspecified atom stereocenters. The van der Waals surface area contributed by atoms with Crippen LogP contribution in [0.25, 0.3) is 0 Å². The first-order valence-corrected chi connectivity index (χ1v) is 2.74. The molecule has 0 saturated carbocycles. The van der Waals surface area contributed by atoms with Gasteiger partial charge in [0.2, 0.25) is 5.91 Å². The van der Waals surface area contributed by atoms with Gasteiger partial charge in [0, 0.05) is 12.3 Å². The molecule has 0 aliphatic rings. The zero-order valence-electron chi connectivity index (χ0n) is 5.33. The van der Waals surface area contributed by atoms with Gasteiger partial charge in [-0.15, -0.1) is 0 Å². The summed E-state index contributed by atoms with van der Waals surface area (Å²) in [4.78, 5) is 20.0. The first-order valence-electron chi connectivity index (χ1n) is 2.74. The van der Waals surface area contributed by atoms with Crippen LogP contribution in [0.5, 0.6) is 0 Å². The van der Waals surface area contributed by atoms with Crippen molar-refractivity contribution in [2.24, 2.45) is 11.7 Å². The van der Waals surface area contributed by atoms with Crippen molar-refractivity contribution < 1.29 is 9.59 Å². The van der Waals surface area contributed by atoms with Gasteiger partial charge >= 0.3 is 0 Å². The smallest absolute Gasteiger partial charge is 0.220 e. The lowest BCUT2D eigenvalue weighted by Crippen LogP contribution is -2.20. The Morgan fingerprint density at radius 2 is 2.33 bits per heavy atom.